The average molecular weight is 495 g/mol. The Morgan fingerprint density at radius 2 is 1.53 bits per heavy atom. The van der Waals surface area contributed by atoms with Gasteiger partial charge in [0.25, 0.3) is 5.91 Å². The molecule has 1 aliphatic rings. The van der Waals surface area contributed by atoms with Crippen LogP contribution in [0.5, 0.6) is 0 Å². The molecular formula is C24H20F3N7O2. The second-order valence-corrected chi connectivity index (χ2v) is 8.02. The zero-order valence-corrected chi connectivity index (χ0v) is 19.1. The summed E-state index contributed by atoms with van der Waals surface area (Å²) in [6.07, 6.45) is -5.34. The number of nitrogens with one attached hydrogen (secondary N) is 2. The van der Waals surface area contributed by atoms with Gasteiger partial charge in [0, 0.05) is 36.6 Å². The highest BCUT2D eigenvalue weighted by atomic mass is 19.4. The van der Waals surface area contributed by atoms with Gasteiger partial charge in [0.05, 0.1) is 5.56 Å². The van der Waals surface area contributed by atoms with Crippen LogP contribution in [-0.4, -0.2) is 30.9 Å². The molecule has 36 heavy (non-hydrogen) atoms. The van der Waals surface area contributed by atoms with Crippen molar-refractivity contribution in [2.45, 2.75) is 12.3 Å². The van der Waals surface area contributed by atoms with Crippen LogP contribution in [0.3, 0.4) is 0 Å². The molecule has 0 spiro atoms. The van der Waals surface area contributed by atoms with Crippen LogP contribution in [0.15, 0.2) is 87.4 Å². The van der Waals surface area contributed by atoms with Crippen molar-refractivity contribution >= 4 is 23.3 Å². The fraction of sp³-hybridized carbons (Fsp3) is 0.167. The van der Waals surface area contributed by atoms with Gasteiger partial charge in [0.1, 0.15) is 0 Å². The molecule has 0 bridgehead atoms. The Balaban J connectivity index is 1.58. The van der Waals surface area contributed by atoms with Crippen molar-refractivity contribution in [1.82, 2.24) is 4.90 Å². The number of carbonyl (C=O) groups is 2. The number of alkyl halides is 3. The van der Waals surface area contributed by atoms with E-state index in [1.807, 2.05) is 0 Å². The van der Waals surface area contributed by atoms with Crippen LogP contribution in [-0.2, 0) is 6.18 Å². The van der Waals surface area contributed by atoms with Crippen LogP contribution in [0.1, 0.15) is 27.7 Å². The molecular weight excluding hydrogens is 475 g/mol. The van der Waals surface area contributed by atoms with Crippen molar-refractivity contribution in [1.29, 1.82) is 0 Å². The first kappa shape index (κ1) is 24.5. The van der Waals surface area contributed by atoms with Gasteiger partial charge in [0.15, 0.2) is 0 Å². The summed E-state index contributed by atoms with van der Waals surface area (Å²) in [5.74, 6) is -0.125. The number of nitrogens with zero attached hydrogens (tertiary/aromatic N) is 5. The van der Waals surface area contributed by atoms with Gasteiger partial charge in [-0.1, -0.05) is 24.3 Å². The second-order valence-electron chi connectivity index (χ2n) is 8.02. The monoisotopic (exact) mass is 495 g/mol. The standard InChI is InChI=1S/C24H20F3N7O2/c1-34(2)22(35)15-8-6-14(7-9-15)16-10-11-20(19(12-16)21-30-32-33-31-21)29-23(36)28-18-5-3-4-17(13-18)24(25,26)27/h3-13,21H,1-2H3,(H2,28,29,36). The molecule has 12 heteroatoms. The summed E-state index contributed by atoms with van der Waals surface area (Å²) in [5.41, 5.74) is 2.00. The number of urea groups is 1. The van der Waals surface area contributed by atoms with Crippen molar-refractivity contribution in [3.63, 3.8) is 0 Å². The highest BCUT2D eigenvalue weighted by Crippen LogP contribution is 2.35. The van der Waals surface area contributed by atoms with E-state index in [9.17, 15) is 22.8 Å². The summed E-state index contributed by atoms with van der Waals surface area (Å²) in [7, 11) is 3.34. The molecule has 0 radical (unpaired) electrons. The first-order valence-electron chi connectivity index (χ1n) is 10.6. The molecule has 3 aromatic rings. The molecule has 0 fully saturated rings. The molecule has 184 valence electrons. The van der Waals surface area contributed by atoms with Gasteiger partial charge in [-0.25, -0.2) is 4.79 Å². The SMILES string of the molecule is CN(C)C(=O)c1ccc(-c2ccc(NC(=O)Nc3cccc(C(F)(F)F)c3)c(C3N=NN=N3)c2)cc1. The van der Waals surface area contributed by atoms with Crippen LogP contribution in [0.4, 0.5) is 29.3 Å². The fourth-order valence-corrected chi connectivity index (χ4v) is 3.48. The van der Waals surface area contributed by atoms with Gasteiger partial charge >= 0.3 is 12.2 Å². The van der Waals surface area contributed by atoms with Crippen LogP contribution in [0, 0.1) is 0 Å². The minimum atomic E-state index is -4.53. The van der Waals surface area contributed by atoms with Crippen LogP contribution >= 0.6 is 0 Å². The third kappa shape index (κ3) is 5.54. The average Bonchev–Trinajstić information content (AvgIpc) is 3.38. The molecule has 0 aliphatic carbocycles. The van der Waals surface area contributed by atoms with Gasteiger partial charge in [-0.2, -0.15) is 13.2 Å². The summed E-state index contributed by atoms with van der Waals surface area (Å²) in [6.45, 7) is 0. The van der Waals surface area contributed by atoms with Gasteiger partial charge in [-0.3, -0.25) is 4.79 Å². The van der Waals surface area contributed by atoms with Gasteiger partial charge in [-0.05, 0) is 64.0 Å². The predicted molar refractivity (Wildman–Crippen MR) is 126 cm³/mol. The van der Waals surface area contributed by atoms with E-state index < -0.39 is 23.9 Å². The zero-order valence-electron chi connectivity index (χ0n) is 19.1. The Bertz CT molecular complexity index is 1340. The van der Waals surface area contributed by atoms with Crippen molar-refractivity contribution in [3.05, 3.63) is 83.4 Å². The number of anilines is 2. The zero-order chi connectivity index (χ0) is 25.9. The van der Waals surface area contributed by atoms with E-state index in [0.29, 0.717) is 16.8 Å². The molecule has 2 N–H and O–H groups in total. The molecule has 3 aromatic carbocycles. The Hall–Kier alpha value is -4.61. The summed E-state index contributed by atoms with van der Waals surface area (Å²) in [5, 5.41) is 19.9. The first-order valence-corrected chi connectivity index (χ1v) is 10.6. The predicted octanol–water partition coefficient (Wildman–Crippen LogP) is 6.55. The minimum absolute atomic E-state index is 0.0203. The van der Waals surface area contributed by atoms with E-state index in [0.717, 1.165) is 23.3 Å². The maximum Gasteiger partial charge on any atom is 0.416 e. The maximum atomic E-state index is 13.0. The molecule has 0 aromatic heterocycles. The Morgan fingerprint density at radius 1 is 0.861 bits per heavy atom. The van der Waals surface area contributed by atoms with Gasteiger partial charge in [0.2, 0.25) is 6.17 Å². The molecule has 0 saturated carbocycles. The number of benzene rings is 3. The van der Waals surface area contributed by atoms with Gasteiger partial charge < -0.3 is 15.5 Å². The molecule has 0 unspecified atom stereocenters. The molecule has 0 saturated heterocycles. The quantitative estimate of drug-likeness (QED) is 0.418. The Morgan fingerprint density at radius 3 is 2.17 bits per heavy atom. The van der Waals surface area contributed by atoms with Crippen LogP contribution < -0.4 is 10.6 Å². The summed E-state index contributed by atoms with van der Waals surface area (Å²) >= 11 is 0. The number of hydrogen-bond donors (Lipinski definition) is 2. The first-order chi connectivity index (χ1) is 17.1. The number of halogens is 3. The number of hydrogen-bond acceptors (Lipinski definition) is 6. The van der Waals surface area contributed by atoms with Crippen molar-refractivity contribution in [3.8, 4) is 11.1 Å². The minimum Gasteiger partial charge on any atom is -0.345 e. The second kappa shape index (κ2) is 9.94. The molecule has 4 rings (SSSR count). The van der Waals surface area contributed by atoms with E-state index >= 15 is 0 Å². The normalized spacial score (nSPS) is 13.0. The van der Waals surface area contributed by atoms with Crippen LogP contribution in [0.2, 0.25) is 0 Å². The highest BCUT2D eigenvalue weighted by Gasteiger charge is 2.30. The summed E-state index contributed by atoms with van der Waals surface area (Å²) < 4.78 is 38.9. The molecule has 1 heterocycles. The van der Waals surface area contributed by atoms with E-state index in [2.05, 4.69) is 31.3 Å². The van der Waals surface area contributed by atoms with Crippen molar-refractivity contribution in [2.24, 2.45) is 20.7 Å². The summed E-state index contributed by atoms with van der Waals surface area (Å²) in [6, 6.07) is 15.7. The highest BCUT2D eigenvalue weighted by molar-refractivity contribution is 6.00. The van der Waals surface area contributed by atoms with Crippen LogP contribution in [0.25, 0.3) is 11.1 Å². The van der Waals surface area contributed by atoms with Crippen molar-refractivity contribution in [2.75, 3.05) is 24.7 Å². The van der Waals surface area contributed by atoms with Crippen molar-refractivity contribution < 1.29 is 22.8 Å². The third-order valence-corrected chi connectivity index (χ3v) is 5.26. The number of amides is 3. The summed E-state index contributed by atoms with van der Waals surface area (Å²) in [4.78, 5) is 26.2. The number of rotatable bonds is 5. The Labute approximate surface area is 203 Å². The lowest BCUT2D eigenvalue weighted by molar-refractivity contribution is -0.137. The smallest absolute Gasteiger partial charge is 0.345 e. The lowest BCUT2D eigenvalue weighted by atomic mass is 9.99. The lowest BCUT2D eigenvalue weighted by Gasteiger charge is -2.15. The molecule has 9 nitrogen and oxygen atoms in total. The topological polar surface area (TPSA) is 111 Å². The van der Waals surface area contributed by atoms with Gasteiger partial charge in [-0.15, -0.1) is 10.2 Å². The third-order valence-electron chi connectivity index (χ3n) is 5.26. The Kier molecular flexibility index (Phi) is 6.77. The number of carbonyl (C=O) groups excluding carboxylic acids is 2. The van der Waals surface area contributed by atoms with E-state index in [1.54, 1.807) is 56.6 Å². The largest absolute Gasteiger partial charge is 0.416 e. The lowest BCUT2D eigenvalue weighted by Crippen LogP contribution is -2.21. The molecule has 0 atom stereocenters. The maximum absolute atomic E-state index is 13.0. The molecule has 1 aliphatic heterocycles. The van der Waals surface area contributed by atoms with E-state index in [4.69, 9.17) is 0 Å². The fourth-order valence-electron chi connectivity index (χ4n) is 3.48. The van der Waals surface area contributed by atoms with E-state index in [1.165, 1.54) is 17.0 Å². The van der Waals surface area contributed by atoms with E-state index in [-0.39, 0.29) is 11.6 Å². The molecule has 3 amide bonds.